The zero-order valence-corrected chi connectivity index (χ0v) is 18.0. The first-order valence-electron chi connectivity index (χ1n) is 9.79. The summed E-state index contributed by atoms with van der Waals surface area (Å²) in [4.78, 5) is 11.9. The summed E-state index contributed by atoms with van der Waals surface area (Å²) >= 11 is 0. The molecular weight excluding hydrogens is 308 g/mol. The number of carbonyl (C=O) groups excluding carboxylic acids is 1. The van der Waals surface area contributed by atoms with Gasteiger partial charge in [-0.15, -0.1) is 0 Å². The number of hydrogen-bond acceptors (Lipinski definition) is 2. The highest BCUT2D eigenvalue weighted by Crippen LogP contribution is 2.44. The van der Waals surface area contributed by atoms with Crippen molar-refractivity contribution in [2.75, 3.05) is 0 Å². The van der Waals surface area contributed by atoms with Crippen LogP contribution in [0.4, 0.5) is 0 Å². The highest BCUT2D eigenvalue weighted by Gasteiger charge is 2.32. The molecule has 0 heterocycles. The van der Waals surface area contributed by atoms with Gasteiger partial charge in [0, 0.05) is 6.08 Å². The maximum Gasteiger partial charge on any atom is 0.330 e. The maximum absolute atomic E-state index is 11.9. The number of carbonyl (C=O) groups is 1. The van der Waals surface area contributed by atoms with Gasteiger partial charge in [0.2, 0.25) is 0 Å². The van der Waals surface area contributed by atoms with Gasteiger partial charge in [-0.1, -0.05) is 59.3 Å². The molecule has 0 aliphatic heterocycles. The molecule has 0 saturated carbocycles. The Morgan fingerprint density at radius 2 is 1.76 bits per heavy atom. The molecule has 1 rings (SSSR count). The van der Waals surface area contributed by atoms with E-state index in [9.17, 15) is 4.79 Å². The van der Waals surface area contributed by atoms with Gasteiger partial charge in [0.15, 0.2) is 0 Å². The lowest BCUT2D eigenvalue weighted by Gasteiger charge is -2.39. The van der Waals surface area contributed by atoms with Crippen molar-refractivity contribution in [3.8, 4) is 0 Å². The minimum absolute atomic E-state index is 0.241. The van der Waals surface area contributed by atoms with Crippen molar-refractivity contribution in [3.63, 3.8) is 0 Å². The molecule has 25 heavy (non-hydrogen) atoms. The van der Waals surface area contributed by atoms with E-state index in [2.05, 4.69) is 47.6 Å². The molecule has 0 aromatic rings. The van der Waals surface area contributed by atoms with Gasteiger partial charge < -0.3 is 4.74 Å². The van der Waals surface area contributed by atoms with Crippen molar-refractivity contribution < 1.29 is 9.53 Å². The summed E-state index contributed by atoms with van der Waals surface area (Å²) in [5.74, 6) is 0.696. The summed E-state index contributed by atoms with van der Waals surface area (Å²) in [6, 6.07) is 0. The van der Waals surface area contributed by atoms with Crippen molar-refractivity contribution in [3.05, 3.63) is 23.8 Å². The predicted molar refractivity (Wildman–Crippen MR) is 107 cm³/mol. The van der Waals surface area contributed by atoms with Crippen molar-refractivity contribution >= 4 is 5.97 Å². The summed E-state index contributed by atoms with van der Waals surface area (Å²) in [5.41, 5.74) is 1.72. The molecule has 0 saturated heterocycles. The van der Waals surface area contributed by atoms with Crippen LogP contribution < -0.4 is 0 Å². The summed E-state index contributed by atoms with van der Waals surface area (Å²) in [6.07, 6.45) is 10.8. The summed E-state index contributed by atoms with van der Waals surface area (Å²) < 4.78 is 5.38. The van der Waals surface area contributed by atoms with Crippen LogP contribution >= 0.6 is 0 Å². The first-order valence-corrected chi connectivity index (χ1v) is 9.79. The molecule has 2 atom stereocenters. The maximum atomic E-state index is 11.9. The molecule has 0 amide bonds. The van der Waals surface area contributed by atoms with Crippen LogP contribution in [-0.4, -0.2) is 11.6 Å². The molecule has 0 N–H and O–H groups in total. The van der Waals surface area contributed by atoms with Gasteiger partial charge in [0.05, 0.1) is 0 Å². The predicted octanol–water partition coefficient (Wildman–Crippen LogP) is 6.71. The Morgan fingerprint density at radius 1 is 1.16 bits per heavy atom. The van der Waals surface area contributed by atoms with Crippen molar-refractivity contribution in [2.24, 2.45) is 22.7 Å². The molecule has 144 valence electrons. The van der Waals surface area contributed by atoms with Crippen LogP contribution in [0.1, 0.15) is 88.0 Å². The average Bonchev–Trinajstić information content (AvgIpc) is 2.39. The van der Waals surface area contributed by atoms with Gasteiger partial charge in [-0.25, -0.2) is 4.79 Å². The topological polar surface area (TPSA) is 26.3 Å². The van der Waals surface area contributed by atoms with E-state index in [4.69, 9.17) is 4.74 Å². The van der Waals surface area contributed by atoms with Gasteiger partial charge in [-0.05, 0) is 69.1 Å². The molecule has 0 spiro atoms. The normalized spacial score (nSPS) is 21.2. The van der Waals surface area contributed by atoms with Gasteiger partial charge in [0.25, 0.3) is 0 Å². The third-order valence-electron chi connectivity index (χ3n) is 4.63. The number of esters is 1. The van der Waals surface area contributed by atoms with E-state index in [1.54, 1.807) is 11.6 Å². The highest BCUT2D eigenvalue weighted by molar-refractivity contribution is 5.82. The van der Waals surface area contributed by atoms with E-state index >= 15 is 0 Å². The standard InChI is InChI=1S/C23H40O2/c1-21(2,3)16-19(22(4,5)6)18-12-10-11-17(15-18)13-14-20(24)25-23(7,8)9/h13-15,17,19H,10-12,16H2,1-9H3/b14-13+. The van der Waals surface area contributed by atoms with Gasteiger partial charge >= 0.3 is 5.97 Å². The van der Waals surface area contributed by atoms with E-state index in [-0.39, 0.29) is 11.4 Å². The molecule has 1 aliphatic carbocycles. The molecule has 2 heteroatoms. The molecule has 0 aromatic carbocycles. The third kappa shape index (κ3) is 8.74. The Kier molecular flexibility index (Phi) is 7.12. The van der Waals surface area contributed by atoms with Gasteiger partial charge in [-0.3, -0.25) is 0 Å². The molecule has 0 radical (unpaired) electrons. The lowest BCUT2D eigenvalue weighted by molar-refractivity contribution is -0.148. The second-order valence-corrected chi connectivity index (χ2v) is 10.9. The average molecular weight is 349 g/mol. The van der Waals surface area contributed by atoms with E-state index in [0.717, 1.165) is 6.42 Å². The highest BCUT2D eigenvalue weighted by atomic mass is 16.6. The minimum Gasteiger partial charge on any atom is -0.457 e. The van der Waals surface area contributed by atoms with Crippen LogP contribution in [0.15, 0.2) is 23.8 Å². The Morgan fingerprint density at radius 3 is 2.24 bits per heavy atom. The second kappa shape index (κ2) is 8.10. The van der Waals surface area contributed by atoms with E-state index < -0.39 is 5.60 Å². The fraction of sp³-hybridized carbons (Fsp3) is 0.783. The van der Waals surface area contributed by atoms with Crippen LogP contribution in [0, 0.1) is 22.7 Å². The third-order valence-corrected chi connectivity index (χ3v) is 4.63. The fourth-order valence-corrected chi connectivity index (χ4v) is 3.57. The zero-order valence-electron chi connectivity index (χ0n) is 18.0. The monoisotopic (exact) mass is 348 g/mol. The van der Waals surface area contributed by atoms with Crippen LogP contribution in [0.2, 0.25) is 0 Å². The van der Waals surface area contributed by atoms with Crippen LogP contribution in [0.25, 0.3) is 0 Å². The van der Waals surface area contributed by atoms with E-state index in [1.807, 2.05) is 26.8 Å². The smallest absolute Gasteiger partial charge is 0.330 e. The second-order valence-electron chi connectivity index (χ2n) is 10.9. The lowest BCUT2D eigenvalue weighted by atomic mass is 9.66. The fourth-order valence-electron chi connectivity index (χ4n) is 3.57. The summed E-state index contributed by atoms with van der Waals surface area (Å²) in [7, 11) is 0. The van der Waals surface area contributed by atoms with Crippen molar-refractivity contribution in [1.29, 1.82) is 0 Å². The summed E-state index contributed by atoms with van der Waals surface area (Å²) in [5, 5.41) is 0. The van der Waals surface area contributed by atoms with Crippen LogP contribution in [0.3, 0.4) is 0 Å². The Labute approximate surface area is 156 Å². The molecular formula is C23H40O2. The first-order chi connectivity index (χ1) is 11.2. The minimum atomic E-state index is -0.432. The number of ether oxygens (including phenoxy) is 1. The number of hydrogen-bond donors (Lipinski definition) is 0. The largest absolute Gasteiger partial charge is 0.457 e. The van der Waals surface area contributed by atoms with E-state index in [1.165, 1.54) is 19.3 Å². The Hall–Kier alpha value is -1.05. The number of rotatable bonds is 4. The SMILES string of the molecule is CC(C)(C)CC(C1=CC(/C=C/C(=O)OC(C)(C)C)CCC1)C(C)(C)C. The van der Waals surface area contributed by atoms with Crippen LogP contribution in [0.5, 0.6) is 0 Å². The molecule has 1 aliphatic rings. The quantitative estimate of drug-likeness (QED) is 0.320. The van der Waals surface area contributed by atoms with Crippen molar-refractivity contribution in [2.45, 2.75) is 93.6 Å². The van der Waals surface area contributed by atoms with E-state index in [0.29, 0.717) is 17.3 Å². The zero-order chi connectivity index (χ0) is 19.5. The summed E-state index contributed by atoms with van der Waals surface area (Å²) in [6.45, 7) is 19.7. The molecule has 2 nitrogen and oxygen atoms in total. The molecule has 0 fully saturated rings. The van der Waals surface area contributed by atoms with Crippen LogP contribution in [-0.2, 0) is 9.53 Å². The molecule has 0 aromatic heterocycles. The van der Waals surface area contributed by atoms with Crippen molar-refractivity contribution in [1.82, 2.24) is 0 Å². The Balaban J connectivity index is 2.91. The Bertz CT molecular complexity index is 504. The van der Waals surface area contributed by atoms with Gasteiger partial charge in [-0.2, -0.15) is 0 Å². The first kappa shape index (κ1) is 22.0. The molecule has 0 bridgehead atoms. The lowest BCUT2D eigenvalue weighted by Crippen LogP contribution is -2.28. The number of allylic oxidation sites excluding steroid dienone is 3. The van der Waals surface area contributed by atoms with Gasteiger partial charge in [0.1, 0.15) is 5.60 Å². The molecule has 2 unspecified atom stereocenters.